The number of amides is 1. The quantitative estimate of drug-likeness (QED) is 0.671. The third kappa shape index (κ3) is 3.89. The van der Waals surface area contributed by atoms with Gasteiger partial charge in [0.25, 0.3) is 10.0 Å². The van der Waals surface area contributed by atoms with Crippen molar-refractivity contribution in [2.24, 2.45) is 0 Å². The third-order valence-electron chi connectivity index (χ3n) is 5.81. The lowest BCUT2D eigenvalue weighted by Gasteiger charge is -2.36. The largest absolute Gasteiger partial charge is 0.465 e. The fourth-order valence-corrected chi connectivity index (χ4v) is 6.91. The summed E-state index contributed by atoms with van der Waals surface area (Å²) in [6, 6.07) is 9.45. The molecule has 160 valence electrons. The maximum Gasteiger partial charge on any atom is 0.338 e. The van der Waals surface area contributed by atoms with E-state index >= 15 is 0 Å². The Labute approximate surface area is 180 Å². The Balaban J connectivity index is 1.43. The highest BCUT2D eigenvalue weighted by molar-refractivity contribution is 7.91. The van der Waals surface area contributed by atoms with Gasteiger partial charge < -0.3 is 9.64 Å². The lowest BCUT2D eigenvalue weighted by molar-refractivity contribution is -0.134. The summed E-state index contributed by atoms with van der Waals surface area (Å²) in [4.78, 5) is 26.6. The van der Waals surface area contributed by atoms with E-state index < -0.39 is 16.0 Å². The molecule has 2 aliphatic rings. The molecule has 1 aliphatic carbocycles. The van der Waals surface area contributed by atoms with Crippen LogP contribution in [-0.2, 0) is 26.0 Å². The zero-order chi connectivity index (χ0) is 21.3. The summed E-state index contributed by atoms with van der Waals surface area (Å²) < 4.78 is 32.0. The van der Waals surface area contributed by atoms with Crippen molar-refractivity contribution < 1.29 is 22.7 Å². The van der Waals surface area contributed by atoms with Crippen LogP contribution in [0.2, 0.25) is 0 Å². The number of carbonyl (C=O) groups excluding carboxylic acids is 2. The smallest absolute Gasteiger partial charge is 0.338 e. The van der Waals surface area contributed by atoms with Gasteiger partial charge in [0, 0.05) is 31.6 Å². The van der Waals surface area contributed by atoms with Crippen LogP contribution in [0.1, 0.15) is 40.2 Å². The maximum absolute atomic E-state index is 13.2. The molecule has 30 heavy (non-hydrogen) atoms. The van der Waals surface area contributed by atoms with Gasteiger partial charge in [-0.2, -0.15) is 4.31 Å². The van der Waals surface area contributed by atoms with Crippen LogP contribution in [0.15, 0.2) is 39.9 Å². The maximum atomic E-state index is 13.2. The van der Waals surface area contributed by atoms with Gasteiger partial charge in [-0.15, -0.1) is 11.3 Å². The number of sulfonamides is 1. The molecule has 9 heteroatoms. The summed E-state index contributed by atoms with van der Waals surface area (Å²) in [7, 11) is -2.44. The number of piperazine rings is 1. The van der Waals surface area contributed by atoms with Crippen molar-refractivity contribution >= 4 is 33.2 Å². The molecule has 1 amide bonds. The van der Waals surface area contributed by atoms with E-state index in [0.717, 1.165) is 36.2 Å². The number of methoxy groups -OCH3 is 1. The van der Waals surface area contributed by atoms with Crippen LogP contribution in [-0.4, -0.2) is 62.8 Å². The Morgan fingerprint density at radius 2 is 1.87 bits per heavy atom. The van der Waals surface area contributed by atoms with E-state index in [1.807, 2.05) is 18.2 Å². The molecule has 1 aromatic carbocycles. The summed E-state index contributed by atoms with van der Waals surface area (Å²) in [6.07, 6.45) is 2.82. The number of rotatable bonds is 4. The minimum absolute atomic E-state index is 0.0864. The molecular formula is C21H24N2O5S2. The van der Waals surface area contributed by atoms with E-state index in [-0.39, 0.29) is 34.7 Å². The second-order valence-electron chi connectivity index (χ2n) is 7.52. The summed E-state index contributed by atoms with van der Waals surface area (Å²) in [6.45, 7) is 1.22. The normalized spacial score (nSPS) is 19.9. The van der Waals surface area contributed by atoms with Gasteiger partial charge in [-0.3, -0.25) is 4.79 Å². The van der Waals surface area contributed by atoms with Gasteiger partial charge >= 0.3 is 5.97 Å². The van der Waals surface area contributed by atoms with Crippen molar-refractivity contribution in [3.8, 4) is 0 Å². The first-order valence-electron chi connectivity index (χ1n) is 9.95. The highest BCUT2D eigenvalue weighted by atomic mass is 32.2. The Morgan fingerprint density at radius 1 is 1.13 bits per heavy atom. The predicted molar refractivity (Wildman–Crippen MR) is 113 cm³/mol. The fourth-order valence-electron chi connectivity index (χ4n) is 4.18. The first kappa shape index (κ1) is 21.0. The van der Waals surface area contributed by atoms with Gasteiger partial charge in [0.2, 0.25) is 5.91 Å². The van der Waals surface area contributed by atoms with Crippen LogP contribution in [0.4, 0.5) is 0 Å². The fraction of sp³-hybridized carbons (Fsp3) is 0.429. The van der Waals surface area contributed by atoms with E-state index in [1.54, 1.807) is 4.90 Å². The van der Waals surface area contributed by atoms with E-state index in [1.165, 1.54) is 28.4 Å². The summed E-state index contributed by atoms with van der Waals surface area (Å²) in [5.41, 5.74) is 2.57. The number of esters is 1. The summed E-state index contributed by atoms with van der Waals surface area (Å²) in [5.74, 6) is -0.614. The van der Waals surface area contributed by atoms with E-state index in [4.69, 9.17) is 0 Å². The third-order valence-corrected chi connectivity index (χ3v) is 9.12. The molecule has 0 saturated carbocycles. The predicted octanol–water partition coefficient (Wildman–Crippen LogP) is 2.49. The Morgan fingerprint density at radius 3 is 2.60 bits per heavy atom. The average molecular weight is 449 g/mol. The molecule has 7 nitrogen and oxygen atoms in total. The number of ether oxygens (including phenoxy) is 1. The first-order valence-corrected chi connectivity index (χ1v) is 12.3. The van der Waals surface area contributed by atoms with Gasteiger partial charge in [0.1, 0.15) is 4.21 Å². The number of hydrogen-bond acceptors (Lipinski definition) is 6. The van der Waals surface area contributed by atoms with Gasteiger partial charge in [0.05, 0.1) is 18.6 Å². The Kier molecular flexibility index (Phi) is 5.95. The van der Waals surface area contributed by atoms with Crippen molar-refractivity contribution in [1.82, 2.24) is 9.21 Å². The zero-order valence-electron chi connectivity index (χ0n) is 16.7. The molecule has 1 saturated heterocycles. The van der Waals surface area contributed by atoms with E-state index in [2.05, 4.69) is 10.8 Å². The zero-order valence-corrected chi connectivity index (χ0v) is 18.4. The standard InChI is InChI=1S/C21H24N2O5S2/c1-28-21(25)16-13-19(29-14-16)30(26,27)23-11-9-22(10-12-23)20(24)18-8-4-6-15-5-2-3-7-17(15)18/h2-3,5,7,13-14,18H,4,6,8-12H2,1H3. The minimum Gasteiger partial charge on any atom is -0.465 e. The number of nitrogens with zero attached hydrogens (tertiary/aromatic N) is 2. The topological polar surface area (TPSA) is 84.0 Å². The van der Waals surface area contributed by atoms with Gasteiger partial charge in [-0.05, 0) is 36.5 Å². The second kappa shape index (κ2) is 8.49. The SMILES string of the molecule is COC(=O)c1csc(S(=O)(=O)N2CCN(C(=O)C3CCCc4ccccc43)CC2)c1. The summed E-state index contributed by atoms with van der Waals surface area (Å²) >= 11 is 1.00. The monoisotopic (exact) mass is 448 g/mol. The lowest BCUT2D eigenvalue weighted by atomic mass is 9.82. The molecule has 2 heterocycles. The molecule has 4 rings (SSSR count). The van der Waals surface area contributed by atoms with Crippen LogP contribution in [0.3, 0.4) is 0 Å². The van der Waals surface area contributed by atoms with Crippen molar-refractivity contribution in [1.29, 1.82) is 0 Å². The molecule has 0 bridgehead atoms. The van der Waals surface area contributed by atoms with E-state index in [0.29, 0.717) is 13.1 Å². The second-order valence-corrected chi connectivity index (χ2v) is 10.6. The molecule has 2 aromatic rings. The number of thiophene rings is 1. The Bertz CT molecular complexity index is 1050. The molecule has 0 radical (unpaired) electrons. The van der Waals surface area contributed by atoms with Crippen LogP contribution in [0.5, 0.6) is 0 Å². The highest BCUT2D eigenvalue weighted by Crippen LogP contribution is 2.33. The number of aryl methyl sites for hydroxylation is 1. The number of hydrogen-bond donors (Lipinski definition) is 0. The molecule has 0 spiro atoms. The molecule has 1 aromatic heterocycles. The molecule has 1 aliphatic heterocycles. The molecule has 1 unspecified atom stereocenters. The van der Waals surface area contributed by atoms with Crippen molar-refractivity contribution in [3.05, 3.63) is 52.4 Å². The van der Waals surface area contributed by atoms with Crippen molar-refractivity contribution in [2.75, 3.05) is 33.3 Å². The highest BCUT2D eigenvalue weighted by Gasteiger charge is 2.35. The van der Waals surface area contributed by atoms with Crippen LogP contribution in [0.25, 0.3) is 0 Å². The van der Waals surface area contributed by atoms with Crippen LogP contribution >= 0.6 is 11.3 Å². The molecular weight excluding hydrogens is 424 g/mol. The average Bonchev–Trinajstić information content (AvgIpc) is 3.29. The molecule has 1 fully saturated rings. The van der Waals surface area contributed by atoms with Crippen molar-refractivity contribution in [2.45, 2.75) is 29.4 Å². The van der Waals surface area contributed by atoms with Crippen molar-refractivity contribution in [3.63, 3.8) is 0 Å². The lowest BCUT2D eigenvalue weighted by Crippen LogP contribution is -2.51. The minimum atomic E-state index is -3.70. The first-order chi connectivity index (χ1) is 14.4. The Hall–Kier alpha value is -2.23. The summed E-state index contributed by atoms with van der Waals surface area (Å²) in [5, 5.41) is 1.49. The number of carbonyl (C=O) groups is 2. The van der Waals surface area contributed by atoms with Crippen LogP contribution < -0.4 is 0 Å². The number of fused-ring (bicyclic) bond motifs is 1. The van der Waals surface area contributed by atoms with Crippen LogP contribution in [0, 0.1) is 0 Å². The molecule has 1 atom stereocenters. The number of benzene rings is 1. The van der Waals surface area contributed by atoms with Gasteiger partial charge in [0.15, 0.2) is 0 Å². The van der Waals surface area contributed by atoms with E-state index in [9.17, 15) is 18.0 Å². The van der Waals surface area contributed by atoms with Gasteiger partial charge in [-0.1, -0.05) is 24.3 Å². The molecule has 0 N–H and O–H groups in total. The van der Waals surface area contributed by atoms with Gasteiger partial charge in [-0.25, -0.2) is 13.2 Å².